The molecule has 0 fully saturated rings. The zero-order chi connectivity index (χ0) is 29.8. The normalized spacial score (nSPS) is 15.0. The Hall–Kier alpha value is -4.99. The molecule has 1 aliphatic rings. The van der Waals surface area contributed by atoms with Gasteiger partial charge in [-0.15, -0.1) is 0 Å². The average Bonchev–Trinajstić information content (AvgIpc) is 3.44. The smallest absolute Gasteiger partial charge is 0.224 e. The fourth-order valence-corrected chi connectivity index (χ4v) is 5.33. The first-order valence-corrected chi connectivity index (χ1v) is 13.5. The third-order valence-corrected chi connectivity index (χ3v) is 7.40. The number of hydrogen-bond acceptors (Lipinski definition) is 6. The summed E-state index contributed by atoms with van der Waals surface area (Å²) in [5.41, 5.74) is 4.13. The van der Waals surface area contributed by atoms with Crippen molar-refractivity contribution in [1.29, 1.82) is 0 Å². The molecule has 3 aromatic carbocycles. The lowest BCUT2D eigenvalue weighted by molar-refractivity contribution is -0.122. The van der Waals surface area contributed by atoms with Crippen LogP contribution >= 0.6 is 0 Å². The van der Waals surface area contributed by atoms with Crippen LogP contribution in [0, 0.1) is 5.82 Å². The molecule has 4 aromatic rings. The zero-order valence-corrected chi connectivity index (χ0v) is 23.5. The molecule has 2 heterocycles. The van der Waals surface area contributed by atoms with Crippen LogP contribution in [0.2, 0.25) is 0 Å². The van der Waals surface area contributed by atoms with E-state index in [-0.39, 0.29) is 43.1 Å². The maximum atomic E-state index is 14.9. The third kappa shape index (κ3) is 6.02. The van der Waals surface area contributed by atoms with Crippen LogP contribution in [0.15, 0.2) is 71.9 Å². The first-order valence-electron chi connectivity index (χ1n) is 13.5. The van der Waals surface area contributed by atoms with Crippen molar-refractivity contribution in [3.63, 3.8) is 0 Å². The van der Waals surface area contributed by atoms with Gasteiger partial charge in [0.05, 0.1) is 50.5 Å². The molecular weight excluding hydrogens is 539 g/mol. The van der Waals surface area contributed by atoms with E-state index in [2.05, 4.69) is 20.8 Å². The molecule has 1 aromatic heterocycles. The van der Waals surface area contributed by atoms with E-state index >= 15 is 0 Å². The van der Waals surface area contributed by atoms with Gasteiger partial charge in [0, 0.05) is 23.8 Å². The van der Waals surface area contributed by atoms with Gasteiger partial charge in [0.2, 0.25) is 11.8 Å². The molecule has 1 unspecified atom stereocenters. The summed E-state index contributed by atoms with van der Waals surface area (Å²) in [7, 11) is 3.05. The van der Waals surface area contributed by atoms with Crippen molar-refractivity contribution in [3.8, 4) is 11.5 Å². The topological polar surface area (TPSA) is 122 Å². The second-order valence-electron chi connectivity index (χ2n) is 10.2. The Morgan fingerprint density at radius 3 is 2.55 bits per heavy atom. The second kappa shape index (κ2) is 12.3. The number of halogens is 1. The fourth-order valence-electron chi connectivity index (χ4n) is 5.33. The molecule has 0 spiro atoms. The van der Waals surface area contributed by atoms with Gasteiger partial charge >= 0.3 is 0 Å². The molecule has 0 saturated heterocycles. The molecule has 1 aliphatic heterocycles. The lowest BCUT2D eigenvalue weighted by atomic mass is 9.85. The van der Waals surface area contributed by atoms with Gasteiger partial charge in [-0.05, 0) is 60.0 Å². The average molecular weight is 571 g/mol. The van der Waals surface area contributed by atoms with Crippen molar-refractivity contribution in [2.75, 3.05) is 14.2 Å². The SMILES string of the molecule is COc1cccc(OC)c1CNC(=O)Cc1cc(C2NC(=O)CC(C)=C2C(=O)Cc2ccc3[nH]ncc3c2)ccc1F. The van der Waals surface area contributed by atoms with E-state index in [4.69, 9.17) is 9.47 Å². The van der Waals surface area contributed by atoms with Gasteiger partial charge in [-0.2, -0.15) is 5.10 Å². The number of methoxy groups -OCH3 is 2. The van der Waals surface area contributed by atoms with Gasteiger partial charge in [0.25, 0.3) is 0 Å². The van der Waals surface area contributed by atoms with E-state index in [0.29, 0.717) is 33.8 Å². The highest BCUT2D eigenvalue weighted by molar-refractivity contribution is 6.02. The summed E-state index contributed by atoms with van der Waals surface area (Å²) in [4.78, 5) is 39.0. The van der Waals surface area contributed by atoms with Gasteiger partial charge in [0.1, 0.15) is 17.3 Å². The summed E-state index contributed by atoms with van der Waals surface area (Å²) in [6, 6.07) is 14.5. The monoisotopic (exact) mass is 570 g/mol. The van der Waals surface area contributed by atoms with Crippen LogP contribution in [0.1, 0.15) is 41.6 Å². The number of amides is 2. The van der Waals surface area contributed by atoms with Gasteiger partial charge in [-0.1, -0.05) is 23.8 Å². The second-order valence-corrected chi connectivity index (χ2v) is 10.2. The van der Waals surface area contributed by atoms with Crippen molar-refractivity contribution in [3.05, 3.63) is 100 Å². The van der Waals surface area contributed by atoms with E-state index in [0.717, 1.165) is 16.5 Å². The number of carbonyl (C=O) groups excluding carboxylic acids is 3. The highest BCUT2D eigenvalue weighted by Gasteiger charge is 2.31. The Kier molecular flexibility index (Phi) is 8.33. The number of nitrogens with zero attached hydrogens (tertiary/aromatic N) is 1. The Bertz CT molecular complexity index is 1690. The number of fused-ring (bicyclic) bond motifs is 1. The third-order valence-electron chi connectivity index (χ3n) is 7.40. The lowest BCUT2D eigenvalue weighted by Gasteiger charge is -2.28. The quantitative estimate of drug-likeness (QED) is 0.262. The van der Waals surface area contributed by atoms with Gasteiger partial charge < -0.3 is 20.1 Å². The van der Waals surface area contributed by atoms with Crippen LogP contribution in [0.25, 0.3) is 10.9 Å². The number of hydrogen-bond donors (Lipinski definition) is 3. The molecule has 10 heteroatoms. The first kappa shape index (κ1) is 28.5. The number of aromatic amines is 1. The Balaban J connectivity index is 1.35. The molecule has 2 amide bonds. The summed E-state index contributed by atoms with van der Waals surface area (Å²) in [6.07, 6.45) is 1.68. The molecule has 5 rings (SSSR count). The maximum absolute atomic E-state index is 14.9. The predicted molar refractivity (Wildman–Crippen MR) is 155 cm³/mol. The molecule has 1 atom stereocenters. The number of Topliss-reactive ketones (excluding diaryl/α,β-unsaturated/α-hetero) is 1. The zero-order valence-electron chi connectivity index (χ0n) is 23.5. The standard InChI is InChI=1S/C32H31FN4O5/c1-18-11-30(40)36-32(31(18)26(38)13-19-7-10-25-22(12-19)16-35-37-25)20-8-9-24(33)21(14-20)15-29(39)34-17-23-27(41-2)5-4-6-28(23)42-3/h4-10,12,14,16,32H,11,13,15,17H2,1-3H3,(H,34,39)(H,35,37)(H,36,40). The summed E-state index contributed by atoms with van der Waals surface area (Å²) in [6.45, 7) is 1.89. The minimum atomic E-state index is -0.767. The van der Waals surface area contributed by atoms with Gasteiger partial charge in [0.15, 0.2) is 5.78 Å². The number of H-pyrrole nitrogens is 1. The molecule has 216 valence electrons. The van der Waals surface area contributed by atoms with Crippen LogP contribution in [0.4, 0.5) is 4.39 Å². The molecule has 3 N–H and O–H groups in total. The number of ketones is 1. The largest absolute Gasteiger partial charge is 0.496 e. The van der Waals surface area contributed by atoms with E-state index < -0.39 is 17.8 Å². The van der Waals surface area contributed by atoms with Crippen LogP contribution in [-0.4, -0.2) is 42.0 Å². The van der Waals surface area contributed by atoms with Crippen molar-refractivity contribution in [2.24, 2.45) is 0 Å². The maximum Gasteiger partial charge on any atom is 0.224 e. The van der Waals surface area contributed by atoms with Crippen LogP contribution in [0.5, 0.6) is 11.5 Å². The van der Waals surface area contributed by atoms with E-state index in [9.17, 15) is 18.8 Å². The molecule has 42 heavy (non-hydrogen) atoms. The summed E-state index contributed by atoms with van der Waals surface area (Å²) in [5, 5.41) is 13.5. The van der Waals surface area contributed by atoms with Crippen molar-refractivity contribution in [1.82, 2.24) is 20.8 Å². The minimum absolute atomic E-state index is 0.0984. The molecule has 0 bridgehead atoms. The first-order chi connectivity index (χ1) is 20.3. The predicted octanol–water partition coefficient (Wildman–Crippen LogP) is 4.27. The molecule has 9 nitrogen and oxygen atoms in total. The lowest BCUT2D eigenvalue weighted by Crippen LogP contribution is -2.37. The number of benzene rings is 3. The molecule has 0 aliphatic carbocycles. The highest BCUT2D eigenvalue weighted by atomic mass is 19.1. The van der Waals surface area contributed by atoms with E-state index in [1.165, 1.54) is 32.4 Å². The van der Waals surface area contributed by atoms with Crippen molar-refractivity contribution in [2.45, 2.75) is 38.8 Å². The Morgan fingerprint density at radius 2 is 1.81 bits per heavy atom. The Labute approximate surface area is 242 Å². The van der Waals surface area contributed by atoms with Crippen molar-refractivity contribution >= 4 is 28.5 Å². The molecular formula is C32H31FN4O5. The summed E-state index contributed by atoms with van der Waals surface area (Å²) in [5.74, 6) is -0.241. The van der Waals surface area contributed by atoms with Crippen LogP contribution in [0.3, 0.4) is 0 Å². The van der Waals surface area contributed by atoms with Crippen LogP contribution < -0.4 is 20.1 Å². The van der Waals surface area contributed by atoms with Gasteiger partial charge in [-0.3, -0.25) is 19.5 Å². The number of ether oxygens (including phenoxy) is 2. The Morgan fingerprint density at radius 1 is 1.05 bits per heavy atom. The number of aromatic nitrogens is 2. The highest BCUT2D eigenvalue weighted by Crippen LogP contribution is 2.33. The summed E-state index contributed by atoms with van der Waals surface area (Å²) < 4.78 is 25.7. The van der Waals surface area contributed by atoms with E-state index in [1.54, 1.807) is 31.3 Å². The molecule has 0 saturated carbocycles. The van der Waals surface area contributed by atoms with Gasteiger partial charge in [-0.25, -0.2) is 4.39 Å². The number of nitrogens with one attached hydrogen (secondary N) is 3. The number of carbonyl (C=O) groups is 3. The van der Waals surface area contributed by atoms with Crippen molar-refractivity contribution < 1.29 is 28.2 Å². The number of rotatable bonds is 10. The fraction of sp³-hybridized carbons (Fsp3) is 0.250. The molecule has 0 radical (unpaired) electrons. The van der Waals surface area contributed by atoms with E-state index in [1.807, 2.05) is 18.2 Å². The minimum Gasteiger partial charge on any atom is -0.496 e. The van der Waals surface area contributed by atoms with Crippen LogP contribution in [-0.2, 0) is 33.8 Å². The summed E-state index contributed by atoms with van der Waals surface area (Å²) >= 11 is 0.